The van der Waals surface area contributed by atoms with Crippen LogP contribution in [0.4, 0.5) is 0 Å². The number of halogens is 3. The number of benzene rings is 1. The third-order valence-corrected chi connectivity index (χ3v) is 2.56. The maximum absolute atomic E-state index is 6.01. The zero-order valence-corrected chi connectivity index (χ0v) is 10.7. The second-order valence-corrected chi connectivity index (χ2v) is 3.83. The molecule has 0 amide bonds. The van der Waals surface area contributed by atoms with Crippen molar-refractivity contribution in [3.05, 3.63) is 38.8 Å². The third kappa shape index (κ3) is 2.91. The average Bonchev–Trinajstić information content (AvgIpc) is 2.15. The lowest BCUT2D eigenvalue weighted by molar-refractivity contribution is 0.299. The van der Waals surface area contributed by atoms with Gasteiger partial charge >= 0.3 is 0 Å². The smallest absolute Gasteiger partial charge is 0.134 e. The van der Waals surface area contributed by atoms with Crippen LogP contribution < -0.4 is 0 Å². The predicted molar refractivity (Wildman–Crippen MR) is 65.0 cm³/mol. The van der Waals surface area contributed by atoms with E-state index in [1.807, 2.05) is 13.0 Å². The Labute approximate surface area is 102 Å². The lowest BCUT2D eigenvalue weighted by atomic mass is 10.2. The zero-order valence-electron chi connectivity index (χ0n) is 7.56. The summed E-state index contributed by atoms with van der Waals surface area (Å²) < 4.78 is 5.38. The number of hydrogen-bond acceptors (Lipinski definition) is 1. The van der Waals surface area contributed by atoms with Crippen LogP contribution in [0.5, 0.6) is 0 Å². The first kappa shape index (κ1) is 11.9. The molecule has 0 unspecified atom stereocenters. The van der Waals surface area contributed by atoms with Crippen molar-refractivity contribution in [3.63, 3.8) is 0 Å². The molecule has 0 bridgehead atoms. The summed E-state index contributed by atoms with van der Waals surface area (Å²) in [5.41, 5.74) is 0.829. The average molecular weight is 296 g/mol. The van der Waals surface area contributed by atoms with Gasteiger partial charge in [-0.1, -0.05) is 39.1 Å². The van der Waals surface area contributed by atoms with Crippen molar-refractivity contribution in [2.45, 2.75) is 6.92 Å². The fourth-order valence-corrected chi connectivity index (χ4v) is 1.89. The molecular formula is C10H9BrCl2O. The molecule has 0 aliphatic carbocycles. The Morgan fingerprint density at radius 2 is 2.21 bits per heavy atom. The molecule has 0 aliphatic rings. The van der Waals surface area contributed by atoms with Crippen LogP contribution in [0.15, 0.2) is 23.2 Å². The van der Waals surface area contributed by atoms with E-state index in [1.165, 1.54) is 0 Å². The van der Waals surface area contributed by atoms with Crippen molar-refractivity contribution in [2.24, 2.45) is 0 Å². The van der Waals surface area contributed by atoms with Crippen LogP contribution in [0.2, 0.25) is 10.0 Å². The van der Waals surface area contributed by atoms with Crippen molar-refractivity contribution >= 4 is 44.9 Å². The standard InChI is InChI=1S/C10H9BrCl2O/c1-2-14-10(6-11)8-4-3-7(12)5-9(8)13/h3-6H,2H2,1H3/b10-6+. The van der Waals surface area contributed by atoms with Crippen molar-refractivity contribution in [1.29, 1.82) is 0 Å². The summed E-state index contributed by atoms with van der Waals surface area (Å²) >= 11 is 15.0. The highest BCUT2D eigenvalue weighted by molar-refractivity contribution is 9.11. The molecule has 76 valence electrons. The molecule has 0 radical (unpaired) electrons. The number of ether oxygens (including phenoxy) is 1. The Morgan fingerprint density at radius 3 is 2.71 bits per heavy atom. The predicted octanol–water partition coefficient (Wildman–Crippen LogP) is 4.72. The summed E-state index contributed by atoms with van der Waals surface area (Å²) in [5, 5.41) is 1.20. The highest BCUT2D eigenvalue weighted by atomic mass is 79.9. The summed E-state index contributed by atoms with van der Waals surface area (Å²) in [6, 6.07) is 5.29. The zero-order chi connectivity index (χ0) is 10.6. The lowest BCUT2D eigenvalue weighted by Crippen LogP contribution is -1.91. The first-order chi connectivity index (χ1) is 6.69. The first-order valence-corrected chi connectivity index (χ1v) is 5.74. The van der Waals surface area contributed by atoms with Gasteiger partial charge in [0, 0.05) is 15.6 Å². The van der Waals surface area contributed by atoms with Gasteiger partial charge in [0.15, 0.2) is 0 Å². The van der Waals surface area contributed by atoms with Gasteiger partial charge in [-0.2, -0.15) is 0 Å². The molecule has 1 aromatic rings. The summed E-state index contributed by atoms with van der Waals surface area (Å²) in [6.07, 6.45) is 0. The Kier molecular flexibility index (Phi) is 4.79. The molecule has 0 fully saturated rings. The van der Waals surface area contributed by atoms with E-state index in [0.29, 0.717) is 22.4 Å². The lowest BCUT2D eigenvalue weighted by Gasteiger charge is -2.09. The molecule has 0 saturated heterocycles. The van der Waals surface area contributed by atoms with E-state index in [4.69, 9.17) is 27.9 Å². The molecule has 0 spiro atoms. The van der Waals surface area contributed by atoms with Crippen LogP contribution in [0, 0.1) is 0 Å². The van der Waals surface area contributed by atoms with E-state index in [2.05, 4.69) is 15.9 Å². The molecule has 0 aromatic heterocycles. The van der Waals surface area contributed by atoms with Gasteiger partial charge in [0.05, 0.1) is 11.6 Å². The van der Waals surface area contributed by atoms with Crippen LogP contribution in [0.1, 0.15) is 12.5 Å². The Morgan fingerprint density at radius 1 is 1.50 bits per heavy atom. The molecule has 0 aliphatic heterocycles. The Balaban J connectivity index is 3.05. The Hall–Kier alpha value is -0.180. The summed E-state index contributed by atoms with van der Waals surface area (Å²) in [6.45, 7) is 2.51. The molecular weight excluding hydrogens is 287 g/mol. The highest BCUT2D eigenvalue weighted by Gasteiger charge is 2.07. The van der Waals surface area contributed by atoms with Gasteiger partial charge in [0.25, 0.3) is 0 Å². The van der Waals surface area contributed by atoms with E-state index >= 15 is 0 Å². The summed E-state index contributed by atoms with van der Waals surface area (Å²) in [4.78, 5) is 1.70. The molecule has 1 nitrogen and oxygen atoms in total. The van der Waals surface area contributed by atoms with E-state index in [9.17, 15) is 0 Å². The molecule has 0 atom stereocenters. The van der Waals surface area contributed by atoms with Crippen molar-refractivity contribution in [2.75, 3.05) is 6.61 Å². The quantitative estimate of drug-likeness (QED) is 0.733. The van der Waals surface area contributed by atoms with Gasteiger partial charge in [-0.25, -0.2) is 0 Å². The van der Waals surface area contributed by atoms with Gasteiger partial charge in [-0.15, -0.1) is 0 Å². The molecule has 1 aromatic carbocycles. The maximum Gasteiger partial charge on any atom is 0.134 e. The third-order valence-electron chi connectivity index (χ3n) is 1.60. The molecule has 1 rings (SSSR count). The first-order valence-electron chi connectivity index (χ1n) is 4.07. The van der Waals surface area contributed by atoms with Crippen molar-refractivity contribution in [3.8, 4) is 0 Å². The van der Waals surface area contributed by atoms with Crippen LogP contribution in [0.3, 0.4) is 0 Å². The Bertz CT molecular complexity index is 350. The largest absolute Gasteiger partial charge is 0.493 e. The molecule has 0 saturated carbocycles. The van der Waals surface area contributed by atoms with Crippen LogP contribution in [-0.2, 0) is 4.74 Å². The van der Waals surface area contributed by atoms with Crippen molar-refractivity contribution in [1.82, 2.24) is 0 Å². The minimum absolute atomic E-state index is 0.580. The van der Waals surface area contributed by atoms with Crippen LogP contribution >= 0.6 is 39.1 Å². The fraction of sp³-hybridized carbons (Fsp3) is 0.200. The SMILES string of the molecule is CCO/C(=C/Br)c1ccc(Cl)cc1Cl. The fourth-order valence-electron chi connectivity index (χ4n) is 1.01. The second kappa shape index (κ2) is 5.64. The monoisotopic (exact) mass is 294 g/mol. The molecule has 0 N–H and O–H groups in total. The van der Waals surface area contributed by atoms with Crippen molar-refractivity contribution < 1.29 is 4.74 Å². The number of hydrogen-bond donors (Lipinski definition) is 0. The van der Waals surface area contributed by atoms with Crippen LogP contribution in [0.25, 0.3) is 5.76 Å². The minimum Gasteiger partial charge on any atom is -0.493 e. The summed E-state index contributed by atoms with van der Waals surface area (Å²) in [7, 11) is 0. The van der Waals surface area contributed by atoms with Crippen LogP contribution in [-0.4, -0.2) is 6.61 Å². The molecule has 4 heteroatoms. The highest BCUT2D eigenvalue weighted by Crippen LogP contribution is 2.28. The van der Waals surface area contributed by atoms with E-state index < -0.39 is 0 Å². The summed E-state index contributed by atoms with van der Waals surface area (Å²) in [5.74, 6) is 0.703. The van der Waals surface area contributed by atoms with E-state index in [-0.39, 0.29) is 0 Å². The van der Waals surface area contributed by atoms with Gasteiger partial charge in [-0.3, -0.25) is 0 Å². The van der Waals surface area contributed by atoms with Gasteiger partial charge in [-0.05, 0) is 25.1 Å². The van der Waals surface area contributed by atoms with E-state index in [0.717, 1.165) is 5.56 Å². The van der Waals surface area contributed by atoms with Gasteiger partial charge in [0.2, 0.25) is 0 Å². The molecule has 0 heterocycles. The molecule has 14 heavy (non-hydrogen) atoms. The second-order valence-electron chi connectivity index (χ2n) is 2.53. The maximum atomic E-state index is 6.01. The normalized spacial score (nSPS) is 11.6. The van der Waals surface area contributed by atoms with E-state index in [1.54, 1.807) is 17.1 Å². The van der Waals surface area contributed by atoms with Gasteiger partial charge < -0.3 is 4.74 Å². The van der Waals surface area contributed by atoms with Gasteiger partial charge in [0.1, 0.15) is 5.76 Å². The number of rotatable bonds is 3. The topological polar surface area (TPSA) is 9.23 Å². The minimum atomic E-state index is 0.580.